The Balaban J connectivity index is 1.85. The fraction of sp³-hybridized carbons (Fsp3) is 0.235. The summed E-state index contributed by atoms with van der Waals surface area (Å²) in [5.41, 5.74) is 0.712. The first kappa shape index (κ1) is 18.9. The lowest BCUT2D eigenvalue weighted by Crippen LogP contribution is -2.36. The molecule has 0 saturated carbocycles. The van der Waals surface area contributed by atoms with Crippen LogP contribution in [-0.2, 0) is 21.4 Å². The monoisotopic (exact) mass is 366 g/mol. The highest BCUT2D eigenvalue weighted by molar-refractivity contribution is 7.89. The van der Waals surface area contributed by atoms with Gasteiger partial charge in [-0.15, -0.1) is 0 Å². The topological polar surface area (TPSA) is 84.5 Å². The van der Waals surface area contributed by atoms with Gasteiger partial charge in [0, 0.05) is 6.54 Å². The second kappa shape index (κ2) is 8.59. The van der Waals surface area contributed by atoms with Crippen LogP contribution >= 0.6 is 0 Å². The minimum atomic E-state index is -3.79. The predicted octanol–water partition coefficient (Wildman–Crippen LogP) is 1.82. The van der Waals surface area contributed by atoms with Gasteiger partial charge in [0.1, 0.15) is 11.6 Å². The van der Waals surface area contributed by atoms with E-state index < -0.39 is 22.5 Å². The normalized spacial score (nSPS) is 11.1. The first-order valence-corrected chi connectivity index (χ1v) is 9.12. The lowest BCUT2D eigenvalue weighted by atomic mass is 10.2. The molecule has 0 aliphatic heterocycles. The highest BCUT2D eigenvalue weighted by Crippen LogP contribution is 2.15. The second-order valence-corrected chi connectivity index (χ2v) is 6.90. The van der Waals surface area contributed by atoms with Crippen LogP contribution in [0.5, 0.6) is 5.75 Å². The summed E-state index contributed by atoms with van der Waals surface area (Å²) in [5.74, 6) is -0.282. The number of carbonyl (C=O) groups is 1. The third kappa shape index (κ3) is 5.84. The number of halogens is 1. The molecule has 0 radical (unpaired) electrons. The zero-order valence-corrected chi connectivity index (χ0v) is 14.5. The Hall–Kier alpha value is -2.45. The fourth-order valence-corrected chi connectivity index (χ4v) is 2.97. The molecule has 0 aliphatic carbocycles. The summed E-state index contributed by atoms with van der Waals surface area (Å²) in [7, 11) is -3.79. The molecule has 0 bridgehead atoms. The Morgan fingerprint density at radius 1 is 1.08 bits per heavy atom. The van der Waals surface area contributed by atoms with Gasteiger partial charge >= 0.3 is 0 Å². The van der Waals surface area contributed by atoms with E-state index in [9.17, 15) is 17.6 Å². The molecule has 0 atom stereocenters. The standard InChI is InChI=1S/C17H19FN2O4S/c1-2-24-15-7-9-16(10-8-15)25(22,23)20-12-17(21)19-11-13-3-5-14(18)6-4-13/h3-10,20H,2,11-12H2,1H3,(H,19,21). The van der Waals surface area contributed by atoms with E-state index in [4.69, 9.17) is 4.74 Å². The molecule has 2 aromatic rings. The molecular weight excluding hydrogens is 347 g/mol. The first-order valence-electron chi connectivity index (χ1n) is 7.64. The van der Waals surface area contributed by atoms with Crippen molar-refractivity contribution in [1.29, 1.82) is 0 Å². The van der Waals surface area contributed by atoms with Crippen LogP contribution in [0, 0.1) is 5.82 Å². The summed E-state index contributed by atoms with van der Waals surface area (Å²) in [6, 6.07) is 11.6. The Kier molecular flexibility index (Phi) is 6.49. The molecule has 0 spiro atoms. The molecular formula is C17H19FN2O4S. The third-order valence-electron chi connectivity index (χ3n) is 3.27. The number of hydrogen-bond donors (Lipinski definition) is 2. The quantitative estimate of drug-likeness (QED) is 0.746. The number of nitrogens with one attached hydrogen (secondary N) is 2. The van der Waals surface area contributed by atoms with Crippen molar-refractivity contribution >= 4 is 15.9 Å². The van der Waals surface area contributed by atoms with Crippen LogP contribution in [0.1, 0.15) is 12.5 Å². The maximum Gasteiger partial charge on any atom is 0.241 e. The zero-order chi connectivity index (χ0) is 18.3. The smallest absolute Gasteiger partial charge is 0.241 e. The molecule has 1 amide bonds. The van der Waals surface area contributed by atoms with Gasteiger partial charge < -0.3 is 10.1 Å². The fourth-order valence-electron chi connectivity index (χ4n) is 1.99. The molecule has 2 rings (SSSR count). The number of amides is 1. The van der Waals surface area contributed by atoms with Gasteiger partial charge in [0.15, 0.2) is 0 Å². The van der Waals surface area contributed by atoms with Crippen molar-refractivity contribution in [3.63, 3.8) is 0 Å². The van der Waals surface area contributed by atoms with Crippen molar-refractivity contribution in [2.75, 3.05) is 13.2 Å². The van der Waals surface area contributed by atoms with Crippen LogP contribution in [0.15, 0.2) is 53.4 Å². The number of hydrogen-bond acceptors (Lipinski definition) is 4. The van der Waals surface area contributed by atoms with Crippen molar-refractivity contribution < 1.29 is 22.3 Å². The maximum atomic E-state index is 12.8. The number of rotatable bonds is 8. The van der Waals surface area contributed by atoms with E-state index in [-0.39, 0.29) is 17.3 Å². The van der Waals surface area contributed by atoms with Crippen molar-refractivity contribution in [2.24, 2.45) is 0 Å². The molecule has 0 unspecified atom stereocenters. The summed E-state index contributed by atoms with van der Waals surface area (Å²) in [4.78, 5) is 11.8. The molecule has 0 saturated heterocycles. The van der Waals surface area contributed by atoms with E-state index in [1.165, 1.54) is 24.3 Å². The second-order valence-electron chi connectivity index (χ2n) is 5.13. The van der Waals surface area contributed by atoms with Crippen LogP contribution in [-0.4, -0.2) is 27.5 Å². The van der Waals surface area contributed by atoms with Gasteiger partial charge in [0.05, 0.1) is 18.0 Å². The average molecular weight is 366 g/mol. The van der Waals surface area contributed by atoms with Gasteiger partial charge in [-0.3, -0.25) is 4.79 Å². The van der Waals surface area contributed by atoms with Crippen molar-refractivity contribution in [3.05, 3.63) is 59.9 Å². The minimum Gasteiger partial charge on any atom is -0.494 e. The summed E-state index contributed by atoms with van der Waals surface area (Å²) in [6.45, 7) is 2.11. The van der Waals surface area contributed by atoms with Gasteiger partial charge in [-0.2, -0.15) is 0 Å². The largest absolute Gasteiger partial charge is 0.494 e. The van der Waals surface area contributed by atoms with Gasteiger partial charge in [-0.25, -0.2) is 17.5 Å². The van der Waals surface area contributed by atoms with Crippen LogP contribution in [0.2, 0.25) is 0 Å². The zero-order valence-electron chi connectivity index (χ0n) is 13.7. The van der Waals surface area contributed by atoms with E-state index >= 15 is 0 Å². The molecule has 134 valence electrons. The van der Waals surface area contributed by atoms with Gasteiger partial charge in [-0.05, 0) is 48.9 Å². The SMILES string of the molecule is CCOc1ccc(S(=O)(=O)NCC(=O)NCc2ccc(F)cc2)cc1. The minimum absolute atomic E-state index is 0.0438. The summed E-state index contributed by atoms with van der Waals surface area (Å²) >= 11 is 0. The molecule has 0 fully saturated rings. The number of benzene rings is 2. The Morgan fingerprint density at radius 3 is 2.32 bits per heavy atom. The Morgan fingerprint density at radius 2 is 1.72 bits per heavy atom. The highest BCUT2D eigenvalue weighted by atomic mass is 32.2. The Labute approximate surface area is 146 Å². The Bertz CT molecular complexity index is 806. The lowest BCUT2D eigenvalue weighted by molar-refractivity contribution is -0.120. The van der Waals surface area contributed by atoms with Crippen molar-refractivity contribution in [2.45, 2.75) is 18.4 Å². The molecule has 0 heterocycles. The van der Waals surface area contributed by atoms with Crippen molar-refractivity contribution in [3.8, 4) is 5.75 Å². The molecule has 6 nitrogen and oxygen atoms in total. The molecule has 25 heavy (non-hydrogen) atoms. The van der Waals surface area contributed by atoms with E-state index in [2.05, 4.69) is 10.0 Å². The van der Waals surface area contributed by atoms with Gasteiger partial charge in [0.25, 0.3) is 0 Å². The van der Waals surface area contributed by atoms with Gasteiger partial charge in [-0.1, -0.05) is 12.1 Å². The van der Waals surface area contributed by atoms with Crippen LogP contribution in [0.3, 0.4) is 0 Å². The van der Waals surface area contributed by atoms with Crippen LogP contribution < -0.4 is 14.8 Å². The molecule has 8 heteroatoms. The van der Waals surface area contributed by atoms with E-state index in [1.807, 2.05) is 6.92 Å². The molecule has 2 N–H and O–H groups in total. The molecule has 0 aliphatic rings. The molecule has 0 aromatic heterocycles. The number of sulfonamides is 1. The first-order chi connectivity index (χ1) is 11.9. The van der Waals surface area contributed by atoms with Crippen molar-refractivity contribution in [1.82, 2.24) is 10.0 Å². The van der Waals surface area contributed by atoms with Gasteiger partial charge in [0.2, 0.25) is 15.9 Å². The van der Waals surface area contributed by atoms with Crippen LogP contribution in [0.4, 0.5) is 4.39 Å². The van der Waals surface area contributed by atoms with E-state index in [0.29, 0.717) is 17.9 Å². The number of carbonyl (C=O) groups excluding carboxylic acids is 1. The van der Waals surface area contributed by atoms with E-state index in [1.54, 1.807) is 24.3 Å². The summed E-state index contributed by atoms with van der Waals surface area (Å²) in [5, 5.41) is 2.56. The summed E-state index contributed by atoms with van der Waals surface area (Å²) in [6.07, 6.45) is 0. The third-order valence-corrected chi connectivity index (χ3v) is 4.69. The molecule has 2 aromatic carbocycles. The number of ether oxygens (including phenoxy) is 1. The maximum absolute atomic E-state index is 12.8. The average Bonchev–Trinajstić information content (AvgIpc) is 2.60. The van der Waals surface area contributed by atoms with Crippen LogP contribution in [0.25, 0.3) is 0 Å². The predicted molar refractivity (Wildman–Crippen MR) is 91.0 cm³/mol. The lowest BCUT2D eigenvalue weighted by Gasteiger charge is -2.09. The summed E-state index contributed by atoms with van der Waals surface area (Å²) < 4.78 is 44.6. The highest BCUT2D eigenvalue weighted by Gasteiger charge is 2.15. The van der Waals surface area contributed by atoms with E-state index in [0.717, 1.165) is 0 Å².